The SMILES string of the molecule is Cn1c(C(=O)O)cnc1-c1ccccc1O. The van der Waals surface area contributed by atoms with Crippen molar-refractivity contribution in [2.45, 2.75) is 0 Å². The van der Waals surface area contributed by atoms with E-state index in [-0.39, 0.29) is 11.4 Å². The molecule has 5 heteroatoms. The van der Waals surface area contributed by atoms with Crippen LogP contribution in [0.1, 0.15) is 10.5 Å². The number of rotatable bonds is 2. The minimum absolute atomic E-state index is 0.0770. The van der Waals surface area contributed by atoms with Crippen LogP contribution in [0.2, 0.25) is 0 Å². The lowest BCUT2D eigenvalue weighted by Crippen LogP contribution is -2.05. The van der Waals surface area contributed by atoms with Crippen LogP contribution in [0, 0.1) is 0 Å². The molecule has 5 nitrogen and oxygen atoms in total. The summed E-state index contributed by atoms with van der Waals surface area (Å²) >= 11 is 0. The van der Waals surface area contributed by atoms with E-state index in [4.69, 9.17) is 5.11 Å². The lowest BCUT2D eigenvalue weighted by molar-refractivity contribution is 0.0686. The predicted octanol–water partition coefficient (Wildman–Crippen LogP) is 1.49. The molecule has 0 aliphatic carbocycles. The Kier molecular flexibility index (Phi) is 2.36. The fraction of sp³-hybridized carbons (Fsp3) is 0.0909. The number of carboxylic acid groups (broad SMARTS) is 1. The van der Waals surface area contributed by atoms with Crippen molar-refractivity contribution < 1.29 is 15.0 Å². The van der Waals surface area contributed by atoms with Crippen molar-refractivity contribution >= 4 is 5.97 Å². The third kappa shape index (κ3) is 1.52. The summed E-state index contributed by atoms with van der Waals surface area (Å²) in [5, 5.41) is 18.5. The zero-order chi connectivity index (χ0) is 11.7. The topological polar surface area (TPSA) is 75.4 Å². The minimum atomic E-state index is -1.04. The molecule has 0 fully saturated rings. The molecule has 0 saturated carbocycles. The summed E-state index contributed by atoms with van der Waals surface area (Å²) in [6.07, 6.45) is 1.27. The van der Waals surface area contributed by atoms with Crippen LogP contribution < -0.4 is 0 Å². The van der Waals surface area contributed by atoms with Gasteiger partial charge in [-0.1, -0.05) is 12.1 Å². The van der Waals surface area contributed by atoms with Crippen molar-refractivity contribution in [1.82, 2.24) is 9.55 Å². The fourth-order valence-corrected chi connectivity index (χ4v) is 1.52. The predicted molar refractivity (Wildman–Crippen MR) is 57.3 cm³/mol. The van der Waals surface area contributed by atoms with Crippen LogP contribution in [0.25, 0.3) is 11.4 Å². The summed E-state index contributed by atoms with van der Waals surface area (Å²) in [6.45, 7) is 0. The Morgan fingerprint density at radius 1 is 1.38 bits per heavy atom. The quantitative estimate of drug-likeness (QED) is 0.800. The first-order valence-electron chi connectivity index (χ1n) is 4.64. The Labute approximate surface area is 91.6 Å². The highest BCUT2D eigenvalue weighted by atomic mass is 16.4. The Bertz CT molecular complexity index is 546. The zero-order valence-corrected chi connectivity index (χ0v) is 8.58. The molecule has 0 saturated heterocycles. The van der Waals surface area contributed by atoms with E-state index in [0.717, 1.165) is 0 Å². The van der Waals surface area contributed by atoms with Crippen LogP contribution in [-0.4, -0.2) is 25.7 Å². The molecule has 16 heavy (non-hydrogen) atoms. The lowest BCUT2D eigenvalue weighted by atomic mass is 10.2. The maximum absolute atomic E-state index is 10.8. The maximum Gasteiger partial charge on any atom is 0.354 e. The molecule has 0 spiro atoms. The number of phenolic OH excluding ortho intramolecular Hbond substituents is 1. The largest absolute Gasteiger partial charge is 0.507 e. The number of para-hydroxylation sites is 1. The van der Waals surface area contributed by atoms with E-state index in [9.17, 15) is 9.90 Å². The summed E-state index contributed by atoms with van der Waals surface area (Å²) < 4.78 is 1.43. The van der Waals surface area contributed by atoms with Gasteiger partial charge in [-0.25, -0.2) is 9.78 Å². The van der Waals surface area contributed by atoms with Gasteiger partial charge in [0.1, 0.15) is 17.3 Å². The highest BCUT2D eigenvalue weighted by molar-refractivity contribution is 5.86. The van der Waals surface area contributed by atoms with E-state index >= 15 is 0 Å². The number of carboxylic acids is 1. The number of carbonyl (C=O) groups is 1. The number of nitrogens with zero attached hydrogens (tertiary/aromatic N) is 2. The van der Waals surface area contributed by atoms with E-state index in [0.29, 0.717) is 11.4 Å². The first-order valence-corrected chi connectivity index (χ1v) is 4.64. The molecule has 1 aromatic carbocycles. The lowest BCUT2D eigenvalue weighted by Gasteiger charge is -2.05. The standard InChI is InChI=1S/C11H10N2O3/c1-13-8(11(15)16)6-12-10(13)7-4-2-3-5-9(7)14/h2-6,14H,1H3,(H,15,16). The Balaban J connectivity index is 2.58. The van der Waals surface area contributed by atoms with Gasteiger partial charge in [0.15, 0.2) is 0 Å². The second kappa shape index (κ2) is 3.69. The van der Waals surface area contributed by atoms with Crippen LogP contribution in [0.3, 0.4) is 0 Å². The molecule has 1 heterocycles. The number of benzene rings is 1. The molecular formula is C11H10N2O3. The van der Waals surface area contributed by atoms with Crippen LogP contribution in [0.15, 0.2) is 30.5 Å². The van der Waals surface area contributed by atoms with Crippen molar-refractivity contribution in [3.8, 4) is 17.1 Å². The van der Waals surface area contributed by atoms with Crippen molar-refractivity contribution in [1.29, 1.82) is 0 Å². The maximum atomic E-state index is 10.8. The van der Waals surface area contributed by atoms with Gasteiger partial charge in [0.05, 0.1) is 11.8 Å². The molecule has 82 valence electrons. The first kappa shape index (κ1) is 10.2. The molecular weight excluding hydrogens is 208 g/mol. The van der Waals surface area contributed by atoms with Gasteiger partial charge in [0.2, 0.25) is 0 Å². The third-order valence-electron chi connectivity index (χ3n) is 2.35. The summed E-state index contributed by atoms with van der Waals surface area (Å²) in [6, 6.07) is 6.66. The van der Waals surface area contributed by atoms with Gasteiger partial charge in [-0.2, -0.15) is 0 Å². The number of hydrogen-bond acceptors (Lipinski definition) is 3. The normalized spacial score (nSPS) is 10.3. The highest BCUT2D eigenvalue weighted by Crippen LogP contribution is 2.27. The highest BCUT2D eigenvalue weighted by Gasteiger charge is 2.15. The third-order valence-corrected chi connectivity index (χ3v) is 2.35. The van der Waals surface area contributed by atoms with Crippen LogP contribution in [0.4, 0.5) is 0 Å². The molecule has 0 aliphatic heterocycles. The van der Waals surface area contributed by atoms with Crippen molar-refractivity contribution in [2.75, 3.05) is 0 Å². The summed E-state index contributed by atoms with van der Waals surface area (Å²) in [7, 11) is 1.60. The molecule has 0 atom stereocenters. The molecule has 0 unspecified atom stereocenters. The minimum Gasteiger partial charge on any atom is -0.507 e. The van der Waals surface area contributed by atoms with Crippen LogP contribution >= 0.6 is 0 Å². The van der Waals surface area contributed by atoms with Gasteiger partial charge in [-0.05, 0) is 12.1 Å². The monoisotopic (exact) mass is 218 g/mol. The molecule has 1 aromatic heterocycles. The number of hydrogen-bond donors (Lipinski definition) is 2. The molecule has 0 bridgehead atoms. The summed E-state index contributed by atoms with van der Waals surface area (Å²) in [5.74, 6) is -0.541. The molecule has 0 amide bonds. The van der Waals surface area contributed by atoms with Gasteiger partial charge in [-0.15, -0.1) is 0 Å². The summed E-state index contributed by atoms with van der Waals surface area (Å²) in [5.41, 5.74) is 0.593. The van der Waals surface area contributed by atoms with Crippen molar-refractivity contribution in [2.24, 2.45) is 7.05 Å². The molecule has 2 rings (SSSR count). The Morgan fingerprint density at radius 2 is 2.06 bits per heavy atom. The molecule has 0 radical (unpaired) electrons. The van der Waals surface area contributed by atoms with Crippen molar-refractivity contribution in [3.05, 3.63) is 36.2 Å². The van der Waals surface area contributed by atoms with Crippen LogP contribution in [-0.2, 0) is 7.05 Å². The second-order valence-electron chi connectivity index (χ2n) is 3.35. The van der Waals surface area contributed by atoms with Crippen LogP contribution in [0.5, 0.6) is 5.75 Å². The van der Waals surface area contributed by atoms with E-state index < -0.39 is 5.97 Å². The number of aromatic nitrogens is 2. The van der Waals surface area contributed by atoms with E-state index in [1.54, 1.807) is 25.2 Å². The second-order valence-corrected chi connectivity index (χ2v) is 3.35. The first-order chi connectivity index (χ1) is 7.61. The zero-order valence-electron chi connectivity index (χ0n) is 8.58. The summed E-state index contributed by atoms with van der Waals surface area (Å²) in [4.78, 5) is 14.8. The van der Waals surface area contributed by atoms with E-state index in [1.807, 2.05) is 0 Å². The Hall–Kier alpha value is -2.30. The van der Waals surface area contributed by atoms with Gasteiger partial charge in [0.25, 0.3) is 0 Å². The Morgan fingerprint density at radius 3 is 2.62 bits per heavy atom. The van der Waals surface area contributed by atoms with Gasteiger partial charge in [-0.3, -0.25) is 0 Å². The van der Waals surface area contributed by atoms with E-state index in [1.165, 1.54) is 16.8 Å². The van der Waals surface area contributed by atoms with Gasteiger partial charge >= 0.3 is 5.97 Å². The van der Waals surface area contributed by atoms with Crippen molar-refractivity contribution in [3.63, 3.8) is 0 Å². The number of imidazole rings is 1. The number of phenols is 1. The molecule has 0 aliphatic rings. The number of aromatic carboxylic acids is 1. The van der Waals surface area contributed by atoms with E-state index in [2.05, 4.69) is 4.98 Å². The fourth-order valence-electron chi connectivity index (χ4n) is 1.52. The average Bonchev–Trinajstić information content (AvgIpc) is 2.61. The van der Waals surface area contributed by atoms with Gasteiger partial charge in [0, 0.05) is 7.05 Å². The van der Waals surface area contributed by atoms with Gasteiger partial charge < -0.3 is 14.8 Å². The molecule has 2 aromatic rings. The molecule has 2 N–H and O–H groups in total. The average molecular weight is 218 g/mol. The number of aromatic hydroxyl groups is 1. The smallest absolute Gasteiger partial charge is 0.354 e.